The van der Waals surface area contributed by atoms with E-state index in [4.69, 9.17) is 4.74 Å². The van der Waals surface area contributed by atoms with Crippen molar-refractivity contribution in [3.8, 4) is 0 Å². The Morgan fingerprint density at radius 3 is 2.52 bits per heavy atom. The van der Waals surface area contributed by atoms with Gasteiger partial charge in [0, 0.05) is 5.57 Å². The third-order valence-corrected chi connectivity index (χ3v) is 2.85. The van der Waals surface area contributed by atoms with Crippen molar-refractivity contribution in [2.45, 2.75) is 32.4 Å². The fourth-order valence-corrected chi connectivity index (χ4v) is 1.99. The second kappa shape index (κ2) is 5.95. The van der Waals surface area contributed by atoms with Crippen molar-refractivity contribution in [1.29, 1.82) is 0 Å². The van der Waals surface area contributed by atoms with Gasteiger partial charge in [0.2, 0.25) is 0 Å². The number of ketones is 1. The zero-order valence-electron chi connectivity index (χ0n) is 12.4. The maximum atomic E-state index is 11.9. The highest BCUT2D eigenvalue weighted by Gasteiger charge is 2.26. The average molecular weight is 285 g/mol. The lowest BCUT2D eigenvalue weighted by atomic mass is 10.1. The highest BCUT2D eigenvalue weighted by molar-refractivity contribution is 6.11. The number of amides is 1. The molecule has 0 aliphatic heterocycles. The zero-order valence-corrected chi connectivity index (χ0v) is 12.4. The minimum Gasteiger partial charge on any atom is -0.444 e. The molecular formula is C17H19NO3. The lowest BCUT2D eigenvalue weighted by Crippen LogP contribution is -2.38. The molecule has 0 radical (unpaired) electrons. The van der Waals surface area contributed by atoms with Crippen LogP contribution in [-0.4, -0.2) is 23.5 Å². The summed E-state index contributed by atoms with van der Waals surface area (Å²) < 4.78 is 5.21. The zero-order chi connectivity index (χ0) is 15.5. The molecule has 4 nitrogen and oxygen atoms in total. The van der Waals surface area contributed by atoms with Crippen LogP contribution in [0.5, 0.6) is 0 Å². The van der Waals surface area contributed by atoms with Crippen LogP contribution in [0, 0.1) is 0 Å². The van der Waals surface area contributed by atoms with E-state index < -0.39 is 17.7 Å². The van der Waals surface area contributed by atoms with Crippen LogP contribution in [0.4, 0.5) is 4.79 Å². The number of hydrogen-bond acceptors (Lipinski definition) is 3. The molecule has 0 spiro atoms. The van der Waals surface area contributed by atoms with Gasteiger partial charge in [-0.05, 0) is 38.5 Å². The summed E-state index contributed by atoms with van der Waals surface area (Å²) in [6.45, 7) is 5.38. The number of allylic oxidation sites excluding steroid dienone is 1. The van der Waals surface area contributed by atoms with Gasteiger partial charge in [-0.1, -0.05) is 36.4 Å². The Kier molecular flexibility index (Phi) is 4.26. The standard InChI is InChI=1S/C17H19NO3/c1-17(2,3)21-16(20)18-14-9-10-15(19)13(14)11-12-7-5-4-6-8-12/h4-11,14H,1-3H3,(H,18,20)/b13-11+/t14-/m0/s1. The molecule has 1 amide bonds. The molecule has 1 aromatic rings. The van der Waals surface area contributed by atoms with Gasteiger partial charge >= 0.3 is 6.09 Å². The molecule has 4 heteroatoms. The van der Waals surface area contributed by atoms with Gasteiger partial charge < -0.3 is 10.1 Å². The smallest absolute Gasteiger partial charge is 0.408 e. The van der Waals surface area contributed by atoms with E-state index in [1.54, 1.807) is 32.9 Å². The molecule has 0 unspecified atom stereocenters. The summed E-state index contributed by atoms with van der Waals surface area (Å²) in [6.07, 6.45) is 4.38. The summed E-state index contributed by atoms with van der Waals surface area (Å²) >= 11 is 0. The number of carbonyl (C=O) groups excluding carboxylic acids is 2. The average Bonchev–Trinajstić information content (AvgIpc) is 2.70. The predicted octanol–water partition coefficient (Wildman–Crippen LogP) is 3.10. The van der Waals surface area contributed by atoms with Crippen LogP contribution < -0.4 is 5.32 Å². The van der Waals surface area contributed by atoms with E-state index in [1.807, 2.05) is 30.3 Å². The summed E-state index contributed by atoms with van der Waals surface area (Å²) in [5.74, 6) is -0.0973. The Hall–Kier alpha value is -2.36. The summed E-state index contributed by atoms with van der Waals surface area (Å²) in [4.78, 5) is 23.7. The third-order valence-electron chi connectivity index (χ3n) is 2.85. The fraction of sp³-hybridized carbons (Fsp3) is 0.294. The number of ether oxygens (including phenoxy) is 1. The first-order valence-electron chi connectivity index (χ1n) is 6.84. The van der Waals surface area contributed by atoms with E-state index in [-0.39, 0.29) is 5.78 Å². The number of hydrogen-bond donors (Lipinski definition) is 1. The molecule has 0 fully saturated rings. The van der Waals surface area contributed by atoms with Crippen LogP contribution in [0.2, 0.25) is 0 Å². The second-order valence-corrected chi connectivity index (χ2v) is 5.86. The molecule has 0 heterocycles. The third kappa shape index (κ3) is 4.31. The lowest BCUT2D eigenvalue weighted by Gasteiger charge is -2.21. The summed E-state index contributed by atoms with van der Waals surface area (Å²) in [5, 5.41) is 2.70. The molecule has 1 aliphatic carbocycles. The molecule has 0 bridgehead atoms. The number of carbonyl (C=O) groups is 2. The summed E-state index contributed by atoms with van der Waals surface area (Å²) in [6, 6.07) is 9.07. The van der Waals surface area contributed by atoms with E-state index in [9.17, 15) is 9.59 Å². The molecule has 110 valence electrons. The highest BCUT2D eigenvalue weighted by Crippen LogP contribution is 2.19. The Morgan fingerprint density at radius 2 is 1.90 bits per heavy atom. The number of benzene rings is 1. The summed E-state index contributed by atoms with van der Waals surface area (Å²) in [7, 11) is 0. The largest absolute Gasteiger partial charge is 0.444 e. The van der Waals surface area contributed by atoms with E-state index in [0.717, 1.165) is 5.56 Å². The molecule has 0 saturated carbocycles. The van der Waals surface area contributed by atoms with Gasteiger partial charge in [-0.15, -0.1) is 0 Å². The first-order valence-corrected chi connectivity index (χ1v) is 6.84. The fourth-order valence-electron chi connectivity index (χ4n) is 1.99. The summed E-state index contributed by atoms with van der Waals surface area (Å²) in [5.41, 5.74) is 0.882. The maximum absolute atomic E-state index is 11.9. The van der Waals surface area contributed by atoms with E-state index in [0.29, 0.717) is 5.57 Å². The number of alkyl carbamates (subject to hydrolysis) is 1. The Labute approximate surface area is 124 Å². The Balaban J connectivity index is 2.12. The van der Waals surface area contributed by atoms with Gasteiger partial charge in [0.05, 0.1) is 6.04 Å². The van der Waals surface area contributed by atoms with Crippen LogP contribution >= 0.6 is 0 Å². The van der Waals surface area contributed by atoms with Gasteiger partial charge in [0.1, 0.15) is 5.60 Å². The monoisotopic (exact) mass is 285 g/mol. The van der Waals surface area contributed by atoms with Crippen molar-refractivity contribution < 1.29 is 14.3 Å². The number of rotatable bonds is 2. The van der Waals surface area contributed by atoms with Crippen LogP contribution in [0.25, 0.3) is 6.08 Å². The van der Waals surface area contributed by atoms with Crippen molar-refractivity contribution in [3.63, 3.8) is 0 Å². The predicted molar refractivity (Wildman–Crippen MR) is 81.7 cm³/mol. The minimum absolute atomic E-state index is 0.0973. The van der Waals surface area contributed by atoms with Gasteiger partial charge in [-0.2, -0.15) is 0 Å². The number of nitrogens with one attached hydrogen (secondary N) is 1. The van der Waals surface area contributed by atoms with Crippen molar-refractivity contribution in [1.82, 2.24) is 5.32 Å². The maximum Gasteiger partial charge on any atom is 0.408 e. The highest BCUT2D eigenvalue weighted by atomic mass is 16.6. The van der Waals surface area contributed by atoms with Gasteiger partial charge in [0.15, 0.2) is 5.78 Å². The van der Waals surface area contributed by atoms with Gasteiger partial charge in [-0.3, -0.25) is 4.79 Å². The Morgan fingerprint density at radius 1 is 1.24 bits per heavy atom. The van der Waals surface area contributed by atoms with Crippen LogP contribution in [0.1, 0.15) is 26.3 Å². The molecule has 1 aromatic carbocycles. The molecule has 1 atom stereocenters. The molecular weight excluding hydrogens is 266 g/mol. The van der Waals surface area contributed by atoms with Gasteiger partial charge in [0.25, 0.3) is 0 Å². The molecule has 0 aromatic heterocycles. The quantitative estimate of drug-likeness (QED) is 0.849. The molecule has 21 heavy (non-hydrogen) atoms. The molecule has 1 N–H and O–H groups in total. The van der Waals surface area contributed by atoms with Gasteiger partial charge in [-0.25, -0.2) is 4.79 Å². The van der Waals surface area contributed by atoms with Crippen molar-refractivity contribution in [2.24, 2.45) is 0 Å². The van der Waals surface area contributed by atoms with E-state index in [2.05, 4.69) is 5.32 Å². The normalized spacial score (nSPS) is 19.9. The van der Waals surface area contributed by atoms with Crippen LogP contribution in [0.15, 0.2) is 48.1 Å². The van der Waals surface area contributed by atoms with Crippen LogP contribution in [0.3, 0.4) is 0 Å². The topological polar surface area (TPSA) is 55.4 Å². The minimum atomic E-state index is -0.570. The first kappa shape index (κ1) is 15.0. The Bertz CT molecular complexity index is 594. The van der Waals surface area contributed by atoms with Crippen molar-refractivity contribution >= 4 is 18.0 Å². The molecule has 2 rings (SSSR count). The second-order valence-electron chi connectivity index (χ2n) is 5.86. The van der Waals surface area contributed by atoms with E-state index in [1.165, 1.54) is 6.08 Å². The molecule has 0 saturated heterocycles. The SMILES string of the molecule is CC(C)(C)OC(=O)N[C@H]1C=CC(=O)/C1=C/c1ccccc1. The lowest BCUT2D eigenvalue weighted by molar-refractivity contribution is -0.111. The van der Waals surface area contributed by atoms with Crippen molar-refractivity contribution in [3.05, 3.63) is 53.6 Å². The van der Waals surface area contributed by atoms with E-state index >= 15 is 0 Å². The van der Waals surface area contributed by atoms with Crippen LogP contribution in [-0.2, 0) is 9.53 Å². The first-order chi connectivity index (χ1) is 9.85. The molecule has 1 aliphatic rings. The van der Waals surface area contributed by atoms with Crippen molar-refractivity contribution in [2.75, 3.05) is 0 Å².